The Morgan fingerprint density at radius 3 is 3.14 bits per heavy atom. The molecule has 2 nitrogen and oxygen atoms in total. The lowest BCUT2D eigenvalue weighted by atomic mass is 10.1. The number of hydrogen-bond donors (Lipinski definition) is 1. The van der Waals surface area contributed by atoms with Crippen LogP contribution in [0.3, 0.4) is 0 Å². The summed E-state index contributed by atoms with van der Waals surface area (Å²) in [4.78, 5) is 11.6. The van der Waals surface area contributed by atoms with E-state index in [0.29, 0.717) is 5.92 Å². The van der Waals surface area contributed by atoms with Crippen LogP contribution in [0.15, 0.2) is 23.8 Å². The molecule has 0 saturated heterocycles. The minimum absolute atomic E-state index is 0.0669. The number of rotatable bonds is 3. The molecule has 1 aliphatic rings. The van der Waals surface area contributed by atoms with E-state index in [0.717, 1.165) is 31.4 Å². The molecule has 78 valence electrons. The van der Waals surface area contributed by atoms with Crippen LogP contribution >= 0.6 is 0 Å². The third-order valence-corrected chi connectivity index (χ3v) is 2.39. The van der Waals surface area contributed by atoms with Gasteiger partial charge >= 0.3 is 0 Å². The summed E-state index contributed by atoms with van der Waals surface area (Å²) in [5, 5.41) is 2.89. The van der Waals surface area contributed by atoms with Crippen molar-refractivity contribution in [2.75, 3.05) is 6.54 Å². The van der Waals surface area contributed by atoms with Crippen molar-refractivity contribution in [3.8, 4) is 0 Å². The highest BCUT2D eigenvalue weighted by Gasteiger charge is 2.08. The Morgan fingerprint density at radius 2 is 2.43 bits per heavy atom. The first-order chi connectivity index (χ1) is 6.74. The molecule has 0 aromatic rings. The highest BCUT2D eigenvalue weighted by atomic mass is 16.1. The average molecular weight is 193 g/mol. The Hall–Kier alpha value is -1.05. The quantitative estimate of drug-likeness (QED) is 0.732. The van der Waals surface area contributed by atoms with Crippen LogP contribution in [0, 0.1) is 5.92 Å². The molecule has 2 heteroatoms. The molecule has 0 bridgehead atoms. The molecule has 1 rings (SSSR count). The van der Waals surface area contributed by atoms with E-state index in [1.165, 1.54) is 0 Å². The molecule has 0 saturated carbocycles. The lowest BCUT2D eigenvalue weighted by Crippen LogP contribution is -2.24. The number of amides is 1. The molecule has 1 unspecified atom stereocenters. The van der Waals surface area contributed by atoms with E-state index in [2.05, 4.69) is 25.2 Å². The van der Waals surface area contributed by atoms with Crippen molar-refractivity contribution in [1.82, 2.24) is 5.32 Å². The van der Waals surface area contributed by atoms with E-state index >= 15 is 0 Å². The Balaban J connectivity index is 2.53. The first-order valence-electron chi connectivity index (χ1n) is 5.40. The second-order valence-corrected chi connectivity index (χ2v) is 3.83. The first-order valence-corrected chi connectivity index (χ1v) is 5.40. The van der Waals surface area contributed by atoms with Crippen molar-refractivity contribution in [2.24, 2.45) is 5.92 Å². The molecule has 1 N–H and O–H groups in total. The highest BCUT2D eigenvalue weighted by Crippen LogP contribution is 2.15. The predicted molar refractivity (Wildman–Crippen MR) is 58.9 cm³/mol. The second-order valence-electron chi connectivity index (χ2n) is 3.83. The summed E-state index contributed by atoms with van der Waals surface area (Å²) >= 11 is 0. The lowest BCUT2D eigenvalue weighted by Gasteiger charge is -2.02. The maximum absolute atomic E-state index is 11.6. The normalized spacial score (nSPS) is 21.3. The van der Waals surface area contributed by atoms with Gasteiger partial charge in [0.05, 0.1) is 0 Å². The van der Waals surface area contributed by atoms with Crippen LogP contribution in [0.5, 0.6) is 0 Å². The minimum Gasteiger partial charge on any atom is -0.352 e. The summed E-state index contributed by atoms with van der Waals surface area (Å²) in [6.07, 6.45) is 9.22. The molecule has 0 fully saturated rings. The molecule has 14 heavy (non-hydrogen) atoms. The fraction of sp³-hybridized carbons (Fsp3) is 0.583. The zero-order valence-corrected chi connectivity index (χ0v) is 9.05. The smallest absolute Gasteiger partial charge is 0.250 e. The van der Waals surface area contributed by atoms with Crippen LogP contribution in [-0.2, 0) is 4.79 Å². The van der Waals surface area contributed by atoms with Crippen molar-refractivity contribution >= 4 is 5.91 Å². The minimum atomic E-state index is 0.0669. The SMILES string of the molecule is CCCNC(=O)C1=CCCC(C)C=C1. The maximum atomic E-state index is 11.6. The molecule has 0 radical (unpaired) electrons. The molecule has 0 aromatic carbocycles. The van der Waals surface area contributed by atoms with Crippen molar-refractivity contribution in [2.45, 2.75) is 33.1 Å². The van der Waals surface area contributed by atoms with Crippen LogP contribution in [0.4, 0.5) is 0 Å². The number of nitrogens with one attached hydrogen (secondary N) is 1. The van der Waals surface area contributed by atoms with E-state index in [1.54, 1.807) is 0 Å². The Bertz CT molecular complexity index is 253. The number of carbonyl (C=O) groups excluding carboxylic acids is 1. The Labute approximate surface area is 86.1 Å². The fourth-order valence-corrected chi connectivity index (χ4v) is 1.44. The van der Waals surface area contributed by atoms with Crippen LogP contribution in [0.2, 0.25) is 0 Å². The van der Waals surface area contributed by atoms with E-state index in [-0.39, 0.29) is 5.91 Å². The summed E-state index contributed by atoms with van der Waals surface area (Å²) in [6.45, 7) is 5.00. The van der Waals surface area contributed by atoms with Gasteiger partial charge in [-0.05, 0) is 25.2 Å². The summed E-state index contributed by atoms with van der Waals surface area (Å²) in [7, 11) is 0. The van der Waals surface area contributed by atoms with Crippen LogP contribution in [-0.4, -0.2) is 12.5 Å². The zero-order chi connectivity index (χ0) is 10.4. The van der Waals surface area contributed by atoms with Crippen LogP contribution < -0.4 is 5.32 Å². The molecule has 0 aliphatic heterocycles. The highest BCUT2D eigenvalue weighted by molar-refractivity contribution is 5.96. The van der Waals surface area contributed by atoms with Gasteiger partial charge in [0.15, 0.2) is 0 Å². The molecular formula is C12H19NO. The molecule has 1 amide bonds. The van der Waals surface area contributed by atoms with Gasteiger partial charge in [-0.25, -0.2) is 0 Å². The van der Waals surface area contributed by atoms with Gasteiger partial charge in [0, 0.05) is 12.1 Å². The zero-order valence-electron chi connectivity index (χ0n) is 9.05. The lowest BCUT2D eigenvalue weighted by molar-refractivity contribution is -0.117. The Morgan fingerprint density at radius 1 is 1.64 bits per heavy atom. The summed E-state index contributed by atoms with van der Waals surface area (Å²) < 4.78 is 0. The molecule has 0 aromatic heterocycles. The monoisotopic (exact) mass is 193 g/mol. The molecule has 1 aliphatic carbocycles. The van der Waals surface area contributed by atoms with E-state index in [1.807, 2.05) is 12.2 Å². The van der Waals surface area contributed by atoms with Crippen molar-refractivity contribution in [1.29, 1.82) is 0 Å². The van der Waals surface area contributed by atoms with E-state index in [9.17, 15) is 4.79 Å². The average Bonchev–Trinajstić information content (AvgIpc) is 2.39. The number of allylic oxidation sites excluding steroid dienone is 2. The molecule has 0 heterocycles. The van der Waals surface area contributed by atoms with Crippen LogP contribution in [0.25, 0.3) is 0 Å². The number of hydrogen-bond acceptors (Lipinski definition) is 1. The van der Waals surface area contributed by atoms with Gasteiger partial charge in [0.1, 0.15) is 0 Å². The van der Waals surface area contributed by atoms with Gasteiger partial charge in [-0.1, -0.05) is 32.1 Å². The summed E-state index contributed by atoms with van der Waals surface area (Å²) in [6, 6.07) is 0. The Kier molecular flexibility index (Phi) is 4.44. The molecule has 1 atom stereocenters. The largest absolute Gasteiger partial charge is 0.352 e. The molecule has 0 spiro atoms. The topological polar surface area (TPSA) is 29.1 Å². The van der Waals surface area contributed by atoms with E-state index in [4.69, 9.17) is 0 Å². The van der Waals surface area contributed by atoms with Crippen molar-refractivity contribution in [3.63, 3.8) is 0 Å². The number of carbonyl (C=O) groups is 1. The van der Waals surface area contributed by atoms with Gasteiger partial charge in [-0.2, -0.15) is 0 Å². The molecular weight excluding hydrogens is 174 g/mol. The van der Waals surface area contributed by atoms with E-state index < -0.39 is 0 Å². The standard InChI is InChI=1S/C12H19NO/c1-3-9-13-12(14)11-6-4-5-10(2)7-8-11/h6-8,10H,3-5,9H2,1-2H3,(H,13,14). The third-order valence-electron chi connectivity index (χ3n) is 2.39. The first kappa shape index (κ1) is 11.0. The van der Waals surface area contributed by atoms with Crippen LogP contribution in [0.1, 0.15) is 33.1 Å². The van der Waals surface area contributed by atoms with Crippen molar-refractivity contribution < 1.29 is 4.79 Å². The maximum Gasteiger partial charge on any atom is 0.250 e. The fourth-order valence-electron chi connectivity index (χ4n) is 1.44. The van der Waals surface area contributed by atoms with Crippen molar-refractivity contribution in [3.05, 3.63) is 23.8 Å². The predicted octanol–water partition coefficient (Wildman–Crippen LogP) is 2.43. The van der Waals surface area contributed by atoms with Gasteiger partial charge in [0.25, 0.3) is 5.91 Å². The second kappa shape index (κ2) is 5.63. The summed E-state index contributed by atoms with van der Waals surface area (Å²) in [5.74, 6) is 0.653. The third kappa shape index (κ3) is 3.36. The van der Waals surface area contributed by atoms with Gasteiger partial charge in [-0.15, -0.1) is 0 Å². The van der Waals surface area contributed by atoms with Gasteiger partial charge in [0.2, 0.25) is 0 Å². The van der Waals surface area contributed by atoms with Gasteiger partial charge in [-0.3, -0.25) is 4.79 Å². The summed E-state index contributed by atoms with van der Waals surface area (Å²) in [5.41, 5.74) is 0.822. The van der Waals surface area contributed by atoms with Gasteiger partial charge < -0.3 is 5.32 Å².